The van der Waals surface area contributed by atoms with Gasteiger partial charge in [0.25, 0.3) is 0 Å². The summed E-state index contributed by atoms with van der Waals surface area (Å²) >= 11 is 0. The summed E-state index contributed by atoms with van der Waals surface area (Å²) < 4.78 is 5.02. The van der Waals surface area contributed by atoms with E-state index in [4.69, 9.17) is 4.74 Å². The van der Waals surface area contributed by atoms with Crippen molar-refractivity contribution in [1.82, 2.24) is 10.2 Å². The van der Waals surface area contributed by atoms with Crippen molar-refractivity contribution in [2.75, 3.05) is 19.7 Å². The summed E-state index contributed by atoms with van der Waals surface area (Å²) in [6.07, 6.45) is 3.31. The summed E-state index contributed by atoms with van der Waals surface area (Å²) in [6, 6.07) is 8.88. The summed E-state index contributed by atoms with van der Waals surface area (Å²) in [5, 5.41) is 2.88. The number of likely N-dealkylation sites (tertiary alicyclic amines) is 1. The molecule has 2 atom stereocenters. The molecular weight excluding hydrogens is 328 g/mol. The first-order chi connectivity index (χ1) is 12.3. The highest BCUT2D eigenvalue weighted by atomic mass is 16.6. The summed E-state index contributed by atoms with van der Waals surface area (Å²) in [5.41, 5.74) is 2.93. The number of hydrogen-bond donors (Lipinski definition) is 1. The third-order valence-corrected chi connectivity index (χ3v) is 7.42. The number of nitrogens with one attached hydrogen (secondary N) is 1. The lowest BCUT2D eigenvalue weighted by molar-refractivity contribution is -0.143. The molecule has 0 bridgehead atoms. The van der Waals surface area contributed by atoms with Gasteiger partial charge in [0.2, 0.25) is 5.91 Å². The van der Waals surface area contributed by atoms with Crippen molar-refractivity contribution in [1.29, 1.82) is 0 Å². The number of rotatable bonds is 2. The molecule has 5 heteroatoms. The van der Waals surface area contributed by atoms with Gasteiger partial charge < -0.3 is 15.0 Å². The zero-order chi connectivity index (χ0) is 18.2. The third-order valence-electron chi connectivity index (χ3n) is 7.42. The Labute approximate surface area is 154 Å². The molecule has 1 aromatic carbocycles. The van der Waals surface area contributed by atoms with E-state index in [1.54, 1.807) is 0 Å². The van der Waals surface area contributed by atoms with E-state index in [0.29, 0.717) is 19.4 Å². The molecule has 2 aliphatic heterocycles. The summed E-state index contributed by atoms with van der Waals surface area (Å²) in [4.78, 5) is 26.3. The Morgan fingerprint density at radius 3 is 2.81 bits per heavy atom. The number of hydrogen-bond acceptors (Lipinski definition) is 3. The number of cyclic esters (lactones) is 1. The molecule has 1 aromatic rings. The molecule has 2 saturated carbocycles. The van der Waals surface area contributed by atoms with Crippen LogP contribution in [0.25, 0.3) is 0 Å². The van der Waals surface area contributed by atoms with Crippen LogP contribution in [0.2, 0.25) is 0 Å². The van der Waals surface area contributed by atoms with Crippen molar-refractivity contribution >= 4 is 12.0 Å². The van der Waals surface area contributed by atoms with Crippen LogP contribution < -0.4 is 5.32 Å². The highest BCUT2D eigenvalue weighted by Gasteiger charge is 2.67. The van der Waals surface area contributed by atoms with Crippen LogP contribution in [-0.4, -0.2) is 42.1 Å². The number of carbonyl (C=O) groups is 2. The Morgan fingerprint density at radius 1 is 1.35 bits per heavy atom. The van der Waals surface area contributed by atoms with Crippen molar-refractivity contribution in [3.63, 3.8) is 0 Å². The SMILES string of the molecule is Cc1cccc([C@]23CCN(C(=O)[C@H]4C[C@]5(COC(=O)N5)C4)C[C@@]2(C)C3)c1. The molecule has 138 valence electrons. The fourth-order valence-corrected chi connectivity index (χ4v) is 5.80. The van der Waals surface area contributed by atoms with E-state index in [1.807, 2.05) is 0 Å². The molecule has 1 spiro atoms. The van der Waals surface area contributed by atoms with E-state index < -0.39 is 0 Å². The summed E-state index contributed by atoms with van der Waals surface area (Å²) in [5.74, 6) is 0.300. The molecule has 0 aromatic heterocycles. The van der Waals surface area contributed by atoms with Crippen LogP contribution in [-0.2, 0) is 14.9 Å². The Morgan fingerprint density at radius 2 is 2.15 bits per heavy atom. The van der Waals surface area contributed by atoms with E-state index in [-0.39, 0.29) is 34.3 Å². The van der Waals surface area contributed by atoms with Crippen molar-refractivity contribution < 1.29 is 14.3 Å². The largest absolute Gasteiger partial charge is 0.447 e. The highest BCUT2D eigenvalue weighted by Crippen LogP contribution is 2.68. The first-order valence-electron chi connectivity index (χ1n) is 9.66. The zero-order valence-corrected chi connectivity index (χ0v) is 15.5. The number of piperidine rings is 1. The van der Waals surface area contributed by atoms with Crippen LogP contribution >= 0.6 is 0 Å². The lowest BCUT2D eigenvalue weighted by Gasteiger charge is -2.45. The van der Waals surface area contributed by atoms with E-state index in [0.717, 1.165) is 19.5 Å². The predicted molar refractivity (Wildman–Crippen MR) is 96.7 cm³/mol. The van der Waals surface area contributed by atoms with Gasteiger partial charge in [0.05, 0.1) is 5.54 Å². The van der Waals surface area contributed by atoms with E-state index in [9.17, 15) is 9.59 Å². The number of alkyl carbamates (subject to hydrolysis) is 1. The van der Waals surface area contributed by atoms with E-state index >= 15 is 0 Å². The second kappa shape index (κ2) is 5.02. The molecule has 2 saturated heterocycles. The molecule has 1 N–H and O–H groups in total. The molecular formula is C21H26N2O3. The second-order valence-corrected chi connectivity index (χ2v) is 9.29. The molecule has 0 unspecified atom stereocenters. The summed E-state index contributed by atoms with van der Waals surface area (Å²) in [7, 11) is 0. The van der Waals surface area contributed by atoms with Gasteiger partial charge in [-0.3, -0.25) is 4.79 Å². The van der Waals surface area contributed by atoms with Gasteiger partial charge in [0, 0.05) is 24.4 Å². The number of nitrogens with zero attached hydrogens (tertiary/aromatic N) is 1. The minimum absolute atomic E-state index is 0.0332. The van der Waals surface area contributed by atoms with Gasteiger partial charge in [0.1, 0.15) is 6.61 Å². The normalized spacial score (nSPS) is 40.5. The van der Waals surface area contributed by atoms with Crippen LogP contribution in [0.3, 0.4) is 0 Å². The van der Waals surface area contributed by atoms with Gasteiger partial charge in [-0.2, -0.15) is 0 Å². The number of benzene rings is 1. The molecule has 2 heterocycles. The summed E-state index contributed by atoms with van der Waals surface area (Å²) in [6.45, 7) is 6.59. The number of ether oxygens (including phenoxy) is 1. The molecule has 0 radical (unpaired) electrons. The van der Waals surface area contributed by atoms with Crippen LogP contribution in [0.1, 0.15) is 43.7 Å². The van der Waals surface area contributed by atoms with E-state index in [1.165, 1.54) is 17.5 Å². The molecule has 2 amide bonds. The molecule has 2 aliphatic carbocycles. The van der Waals surface area contributed by atoms with Gasteiger partial charge in [-0.15, -0.1) is 0 Å². The Bertz CT molecular complexity index is 800. The quantitative estimate of drug-likeness (QED) is 0.888. The minimum atomic E-state index is -0.345. The van der Waals surface area contributed by atoms with Gasteiger partial charge >= 0.3 is 6.09 Å². The van der Waals surface area contributed by atoms with Crippen LogP contribution in [0.5, 0.6) is 0 Å². The van der Waals surface area contributed by atoms with Crippen molar-refractivity contribution in [3.8, 4) is 0 Å². The number of aryl methyl sites for hydroxylation is 1. The fraction of sp³-hybridized carbons (Fsp3) is 0.619. The maximum absolute atomic E-state index is 13.0. The Balaban J connectivity index is 1.26. The third kappa shape index (κ3) is 2.15. The highest BCUT2D eigenvalue weighted by molar-refractivity contribution is 5.82. The maximum atomic E-state index is 13.0. The van der Waals surface area contributed by atoms with Crippen LogP contribution in [0.4, 0.5) is 4.79 Å². The van der Waals surface area contributed by atoms with Gasteiger partial charge in [-0.1, -0.05) is 36.8 Å². The number of carbonyl (C=O) groups excluding carboxylic acids is 2. The monoisotopic (exact) mass is 354 g/mol. The molecule has 5 rings (SSSR count). The number of fused-ring (bicyclic) bond motifs is 1. The van der Waals surface area contributed by atoms with Gasteiger partial charge in [-0.25, -0.2) is 4.79 Å². The van der Waals surface area contributed by atoms with Gasteiger partial charge in [0.15, 0.2) is 0 Å². The van der Waals surface area contributed by atoms with E-state index in [2.05, 4.69) is 48.3 Å². The first kappa shape index (κ1) is 16.2. The minimum Gasteiger partial charge on any atom is -0.447 e. The number of amides is 2. The van der Waals surface area contributed by atoms with Crippen LogP contribution in [0, 0.1) is 18.3 Å². The van der Waals surface area contributed by atoms with Crippen molar-refractivity contribution in [2.24, 2.45) is 11.3 Å². The van der Waals surface area contributed by atoms with Gasteiger partial charge in [-0.05, 0) is 43.6 Å². The Hall–Kier alpha value is -2.04. The lowest BCUT2D eigenvalue weighted by atomic mass is 9.68. The zero-order valence-electron chi connectivity index (χ0n) is 15.5. The second-order valence-electron chi connectivity index (χ2n) is 9.29. The average molecular weight is 354 g/mol. The molecule has 26 heavy (non-hydrogen) atoms. The standard InChI is InChI=1S/C21H26N2O3/c1-14-4-3-5-16(8-14)21-6-7-23(12-19(21,2)11-21)17(24)15-9-20(10-15)13-26-18(25)22-20/h3-5,8,15H,6-7,9-13H2,1-2H3,(H,22,25)/t15-,19-,20+,21-/m1/s1. The van der Waals surface area contributed by atoms with Crippen molar-refractivity contribution in [2.45, 2.75) is 50.5 Å². The van der Waals surface area contributed by atoms with Crippen molar-refractivity contribution in [3.05, 3.63) is 35.4 Å². The first-order valence-corrected chi connectivity index (χ1v) is 9.66. The lowest BCUT2D eigenvalue weighted by Crippen LogP contribution is -2.59. The van der Waals surface area contributed by atoms with Crippen LogP contribution in [0.15, 0.2) is 24.3 Å². The molecule has 5 nitrogen and oxygen atoms in total. The smallest absolute Gasteiger partial charge is 0.407 e. The topological polar surface area (TPSA) is 58.6 Å². The predicted octanol–water partition coefficient (Wildman–Crippen LogP) is 2.76. The molecule has 4 aliphatic rings. The fourth-order valence-electron chi connectivity index (χ4n) is 5.80. The average Bonchev–Trinajstić information content (AvgIpc) is 3.04. The maximum Gasteiger partial charge on any atom is 0.407 e. The molecule has 4 fully saturated rings. The Kier molecular flexibility index (Phi) is 3.12.